The molecule has 2 N–H and O–H groups in total. The summed E-state index contributed by atoms with van der Waals surface area (Å²) >= 11 is 0. The SMILES string of the molecule is CCOc1ccc(NC(C)C(=O)N(CC)CC)cc1CO. The molecule has 0 aromatic heterocycles. The number of hydrogen-bond acceptors (Lipinski definition) is 4. The molecule has 0 saturated heterocycles. The second-order valence-corrected chi connectivity index (χ2v) is 4.79. The van der Waals surface area contributed by atoms with E-state index in [4.69, 9.17) is 4.74 Å². The van der Waals surface area contributed by atoms with Gasteiger partial charge < -0.3 is 20.1 Å². The van der Waals surface area contributed by atoms with Gasteiger partial charge in [0.25, 0.3) is 0 Å². The van der Waals surface area contributed by atoms with E-state index in [1.807, 2.05) is 45.9 Å². The maximum atomic E-state index is 12.2. The van der Waals surface area contributed by atoms with Crippen LogP contribution >= 0.6 is 0 Å². The van der Waals surface area contributed by atoms with Gasteiger partial charge in [0.05, 0.1) is 13.2 Å². The van der Waals surface area contributed by atoms with E-state index in [0.29, 0.717) is 31.0 Å². The van der Waals surface area contributed by atoms with Crippen molar-refractivity contribution >= 4 is 11.6 Å². The Balaban J connectivity index is 2.80. The molecule has 0 radical (unpaired) electrons. The third-order valence-corrected chi connectivity index (χ3v) is 3.36. The monoisotopic (exact) mass is 294 g/mol. The van der Waals surface area contributed by atoms with Gasteiger partial charge in [-0.1, -0.05) is 0 Å². The molecule has 1 unspecified atom stereocenters. The van der Waals surface area contributed by atoms with E-state index in [2.05, 4.69) is 5.32 Å². The Kier molecular flexibility index (Phi) is 7.02. The minimum Gasteiger partial charge on any atom is -0.494 e. The fourth-order valence-electron chi connectivity index (χ4n) is 2.21. The van der Waals surface area contributed by atoms with Gasteiger partial charge in [0.15, 0.2) is 0 Å². The molecule has 5 nitrogen and oxygen atoms in total. The van der Waals surface area contributed by atoms with E-state index in [9.17, 15) is 9.90 Å². The van der Waals surface area contributed by atoms with Gasteiger partial charge in [-0.25, -0.2) is 0 Å². The van der Waals surface area contributed by atoms with Gasteiger partial charge in [-0.05, 0) is 45.9 Å². The lowest BCUT2D eigenvalue weighted by Gasteiger charge is -2.24. The lowest BCUT2D eigenvalue weighted by Crippen LogP contribution is -2.41. The van der Waals surface area contributed by atoms with Crippen LogP contribution in [0.3, 0.4) is 0 Å². The summed E-state index contributed by atoms with van der Waals surface area (Å²) in [5.74, 6) is 0.743. The van der Waals surface area contributed by atoms with E-state index in [1.165, 1.54) is 0 Å². The van der Waals surface area contributed by atoms with Gasteiger partial charge >= 0.3 is 0 Å². The summed E-state index contributed by atoms with van der Waals surface area (Å²) in [4.78, 5) is 14.0. The Morgan fingerprint density at radius 1 is 1.33 bits per heavy atom. The molecule has 5 heteroatoms. The number of hydrogen-bond donors (Lipinski definition) is 2. The summed E-state index contributed by atoms with van der Waals surface area (Å²) in [6.07, 6.45) is 0. The number of carbonyl (C=O) groups is 1. The predicted octanol–water partition coefficient (Wildman–Crippen LogP) is 2.25. The van der Waals surface area contributed by atoms with Crippen LogP contribution in [0.1, 0.15) is 33.3 Å². The summed E-state index contributed by atoms with van der Waals surface area (Å²) in [7, 11) is 0. The minimum atomic E-state index is -0.311. The van der Waals surface area contributed by atoms with Crippen molar-refractivity contribution < 1.29 is 14.6 Å². The molecule has 0 bridgehead atoms. The van der Waals surface area contributed by atoms with Gasteiger partial charge in [0.1, 0.15) is 11.8 Å². The zero-order valence-corrected chi connectivity index (χ0v) is 13.3. The van der Waals surface area contributed by atoms with Crippen molar-refractivity contribution in [2.75, 3.05) is 25.0 Å². The third-order valence-electron chi connectivity index (χ3n) is 3.36. The molecule has 1 rings (SSSR count). The highest BCUT2D eigenvalue weighted by atomic mass is 16.5. The molecule has 1 amide bonds. The number of carbonyl (C=O) groups excluding carboxylic acids is 1. The summed E-state index contributed by atoms with van der Waals surface area (Å²) in [6.45, 7) is 9.54. The van der Waals surface area contributed by atoms with Crippen molar-refractivity contribution in [2.24, 2.45) is 0 Å². The first-order chi connectivity index (χ1) is 10.1. The van der Waals surface area contributed by atoms with E-state index in [1.54, 1.807) is 4.90 Å². The van der Waals surface area contributed by atoms with Crippen LogP contribution in [0.5, 0.6) is 5.75 Å². The molecule has 1 aromatic carbocycles. The highest BCUT2D eigenvalue weighted by Gasteiger charge is 2.18. The van der Waals surface area contributed by atoms with Gasteiger partial charge in [0, 0.05) is 24.3 Å². The topological polar surface area (TPSA) is 61.8 Å². The molecule has 0 aliphatic carbocycles. The molecule has 118 valence electrons. The quantitative estimate of drug-likeness (QED) is 0.772. The maximum Gasteiger partial charge on any atom is 0.244 e. The summed E-state index contributed by atoms with van der Waals surface area (Å²) in [5.41, 5.74) is 1.51. The van der Waals surface area contributed by atoms with Gasteiger partial charge in [-0.2, -0.15) is 0 Å². The van der Waals surface area contributed by atoms with Crippen molar-refractivity contribution in [2.45, 2.75) is 40.3 Å². The number of aliphatic hydroxyl groups is 1. The highest BCUT2D eigenvalue weighted by Crippen LogP contribution is 2.23. The number of nitrogens with zero attached hydrogens (tertiary/aromatic N) is 1. The zero-order valence-electron chi connectivity index (χ0n) is 13.3. The molecule has 0 saturated carbocycles. The number of benzene rings is 1. The van der Waals surface area contributed by atoms with Crippen molar-refractivity contribution in [3.05, 3.63) is 23.8 Å². The lowest BCUT2D eigenvalue weighted by atomic mass is 10.1. The second kappa shape index (κ2) is 8.52. The van der Waals surface area contributed by atoms with Crippen LogP contribution in [0.2, 0.25) is 0 Å². The number of aliphatic hydroxyl groups excluding tert-OH is 1. The van der Waals surface area contributed by atoms with E-state index < -0.39 is 0 Å². The molecular formula is C16H26N2O3. The number of anilines is 1. The first-order valence-corrected chi connectivity index (χ1v) is 7.49. The Hall–Kier alpha value is -1.75. The third kappa shape index (κ3) is 4.63. The maximum absolute atomic E-state index is 12.2. The van der Waals surface area contributed by atoms with Crippen LogP contribution < -0.4 is 10.1 Å². The van der Waals surface area contributed by atoms with Crippen LogP contribution in [-0.2, 0) is 11.4 Å². The molecule has 0 heterocycles. The molecule has 0 fully saturated rings. The Bertz CT molecular complexity index is 459. The van der Waals surface area contributed by atoms with E-state index in [-0.39, 0.29) is 18.6 Å². The van der Waals surface area contributed by atoms with Gasteiger partial charge in [-0.15, -0.1) is 0 Å². The lowest BCUT2D eigenvalue weighted by molar-refractivity contribution is -0.131. The van der Waals surface area contributed by atoms with Crippen molar-refractivity contribution in [3.8, 4) is 5.75 Å². The van der Waals surface area contributed by atoms with Gasteiger partial charge in [0.2, 0.25) is 5.91 Å². The Morgan fingerprint density at radius 2 is 2.00 bits per heavy atom. The number of likely N-dealkylation sites (N-methyl/N-ethyl adjacent to an activating group) is 1. The van der Waals surface area contributed by atoms with Crippen LogP contribution in [0.15, 0.2) is 18.2 Å². The Morgan fingerprint density at radius 3 is 2.52 bits per heavy atom. The minimum absolute atomic E-state index is 0.0689. The van der Waals surface area contributed by atoms with Gasteiger partial charge in [-0.3, -0.25) is 4.79 Å². The van der Waals surface area contributed by atoms with Crippen molar-refractivity contribution in [1.82, 2.24) is 4.90 Å². The first-order valence-electron chi connectivity index (χ1n) is 7.49. The van der Waals surface area contributed by atoms with E-state index >= 15 is 0 Å². The normalized spacial score (nSPS) is 11.9. The van der Waals surface area contributed by atoms with E-state index in [0.717, 1.165) is 5.69 Å². The average Bonchev–Trinajstić information content (AvgIpc) is 2.50. The Labute approximate surface area is 126 Å². The molecular weight excluding hydrogens is 268 g/mol. The van der Waals surface area contributed by atoms with Crippen LogP contribution in [0.25, 0.3) is 0 Å². The number of amides is 1. The molecule has 1 aromatic rings. The fraction of sp³-hybridized carbons (Fsp3) is 0.562. The highest BCUT2D eigenvalue weighted by molar-refractivity contribution is 5.84. The first kappa shape index (κ1) is 17.3. The summed E-state index contributed by atoms with van der Waals surface area (Å²) < 4.78 is 5.45. The van der Waals surface area contributed by atoms with Crippen LogP contribution in [-0.4, -0.2) is 41.7 Å². The summed E-state index contributed by atoms with van der Waals surface area (Å²) in [6, 6.07) is 5.17. The number of ether oxygens (including phenoxy) is 1. The number of nitrogens with one attached hydrogen (secondary N) is 1. The fourth-order valence-corrected chi connectivity index (χ4v) is 2.21. The predicted molar refractivity (Wildman–Crippen MR) is 84.5 cm³/mol. The smallest absolute Gasteiger partial charge is 0.244 e. The molecule has 0 aliphatic heterocycles. The molecule has 0 spiro atoms. The zero-order chi connectivity index (χ0) is 15.8. The van der Waals surface area contributed by atoms with Crippen molar-refractivity contribution in [1.29, 1.82) is 0 Å². The van der Waals surface area contributed by atoms with Crippen LogP contribution in [0, 0.1) is 0 Å². The van der Waals surface area contributed by atoms with Crippen LogP contribution in [0.4, 0.5) is 5.69 Å². The average molecular weight is 294 g/mol. The van der Waals surface area contributed by atoms with Crippen molar-refractivity contribution in [3.63, 3.8) is 0 Å². The second-order valence-electron chi connectivity index (χ2n) is 4.79. The molecule has 1 atom stereocenters. The summed E-state index contributed by atoms with van der Waals surface area (Å²) in [5, 5.41) is 12.6. The largest absolute Gasteiger partial charge is 0.494 e. The molecule has 21 heavy (non-hydrogen) atoms. The standard InChI is InChI=1S/C16H26N2O3/c1-5-18(6-2)16(20)12(4)17-14-8-9-15(21-7-3)13(10-14)11-19/h8-10,12,17,19H,5-7,11H2,1-4H3. The number of rotatable bonds is 8. The molecule has 0 aliphatic rings.